The van der Waals surface area contributed by atoms with Crippen LogP contribution in [0.4, 0.5) is 0 Å². The molecule has 18 heavy (non-hydrogen) atoms. The summed E-state index contributed by atoms with van der Waals surface area (Å²) in [5.74, 6) is 0. The predicted octanol–water partition coefficient (Wildman–Crippen LogP) is -0.0822. The van der Waals surface area contributed by atoms with Crippen molar-refractivity contribution in [2.24, 2.45) is 5.73 Å². The molecule has 3 N–H and O–H groups in total. The van der Waals surface area contributed by atoms with E-state index in [-0.39, 0.29) is 12.2 Å². The predicted molar refractivity (Wildman–Crippen MR) is 66.4 cm³/mol. The Morgan fingerprint density at radius 1 is 1.56 bits per heavy atom. The van der Waals surface area contributed by atoms with Gasteiger partial charge in [-0.05, 0) is 35.7 Å². The first-order valence-corrected chi connectivity index (χ1v) is 6.13. The van der Waals surface area contributed by atoms with E-state index in [2.05, 4.69) is 0 Å². The highest BCUT2D eigenvalue weighted by atomic mass is 16.6. The Morgan fingerprint density at radius 3 is 3.11 bits per heavy atom. The summed E-state index contributed by atoms with van der Waals surface area (Å²) in [5, 5.41) is 9.79. The lowest BCUT2D eigenvalue weighted by Gasteiger charge is -2.24. The topological polar surface area (TPSA) is 73.9 Å². The van der Waals surface area contributed by atoms with E-state index in [1.54, 1.807) is 13.2 Å². The van der Waals surface area contributed by atoms with Crippen LogP contribution in [0.3, 0.4) is 0 Å². The molecule has 96 valence electrons. The lowest BCUT2D eigenvalue weighted by atomic mass is 9.70. The van der Waals surface area contributed by atoms with Crippen LogP contribution < -0.4 is 5.73 Å². The minimum absolute atomic E-state index is 0.162. The van der Waals surface area contributed by atoms with Crippen LogP contribution in [0.1, 0.15) is 6.92 Å². The zero-order chi connectivity index (χ0) is 12.7. The fraction of sp³-hybridized carbons (Fsp3) is 0.500. The minimum Gasteiger partial charge on any atom is -0.497 e. The highest BCUT2D eigenvalue weighted by molar-refractivity contribution is 6.57. The molecule has 3 rings (SSSR count). The third-order valence-electron chi connectivity index (χ3n) is 3.42. The normalized spacial score (nSPS) is 31.7. The van der Waals surface area contributed by atoms with Crippen molar-refractivity contribution < 1.29 is 19.2 Å². The maximum Gasteiger partial charge on any atom is 0.495 e. The van der Waals surface area contributed by atoms with E-state index in [9.17, 15) is 5.11 Å². The van der Waals surface area contributed by atoms with Gasteiger partial charge in [0.15, 0.2) is 0 Å². The van der Waals surface area contributed by atoms with E-state index in [0.29, 0.717) is 13.2 Å². The molecule has 3 heterocycles. The molecule has 5 nitrogen and oxygen atoms in total. The van der Waals surface area contributed by atoms with E-state index >= 15 is 0 Å². The summed E-state index contributed by atoms with van der Waals surface area (Å²) in [6.07, 6.45) is 4.41. The molecule has 0 spiro atoms. The molecule has 3 atom stereocenters. The first-order valence-electron chi connectivity index (χ1n) is 6.13. The average Bonchev–Trinajstić information content (AvgIpc) is 2.59. The maximum absolute atomic E-state index is 9.79. The highest BCUT2D eigenvalue weighted by Gasteiger charge is 2.46. The van der Waals surface area contributed by atoms with Gasteiger partial charge < -0.3 is 24.9 Å². The third kappa shape index (κ3) is 1.82. The third-order valence-corrected chi connectivity index (χ3v) is 3.42. The fourth-order valence-corrected chi connectivity index (χ4v) is 2.59. The Hall–Kier alpha value is -1.08. The lowest BCUT2D eigenvalue weighted by molar-refractivity contribution is 0.0490. The summed E-state index contributed by atoms with van der Waals surface area (Å²) in [6.45, 7) is 2.53. The highest BCUT2D eigenvalue weighted by Crippen LogP contribution is 2.37. The summed E-state index contributed by atoms with van der Waals surface area (Å²) >= 11 is 0. The molecule has 0 radical (unpaired) electrons. The van der Waals surface area contributed by atoms with Gasteiger partial charge in [0.25, 0.3) is 0 Å². The molecule has 6 heteroatoms. The number of hydrogen-bond donors (Lipinski definition) is 2. The number of nitrogens with two attached hydrogens (primary N) is 1. The van der Waals surface area contributed by atoms with Crippen LogP contribution in [0.5, 0.6) is 0 Å². The van der Waals surface area contributed by atoms with Gasteiger partial charge in [0.05, 0.1) is 24.6 Å². The van der Waals surface area contributed by atoms with Crippen LogP contribution in [-0.2, 0) is 14.0 Å². The van der Waals surface area contributed by atoms with Crippen LogP contribution in [0.2, 0.25) is 0 Å². The monoisotopic (exact) mass is 249 g/mol. The number of ether oxygens (including phenoxy) is 1. The van der Waals surface area contributed by atoms with E-state index in [4.69, 9.17) is 19.8 Å². The van der Waals surface area contributed by atoms with Gasteiger partial charge in [-0.25, -0.2) is 0 Å². The second-order valence-corrected chi connectivity index (χ2v) is 4.71. The van der Waals surface area contributed by atoms with E-state index < -0.39 is 13.2 Å². The fourth-order valence-electron chi connectivity index (χ4n) is 2.59. The van der Waals surface area contributed by atoms with E-state index in [0.717, 1.165) is 16.6 Å². The molecule has 3 aliphatic rings. The second kappa shape index (κ2) is 4.55. The van der Waals surface area contributed by atoms with Gasteiger partial charge in [-0.2, -0.15) is 0 Å². The molecule has 0 bridgehead atoms. The summed E-state index contributed by atoms with van der Waals surface area (Å²) in [4.78, 5) is 0. The Morgan fingerprint density at radius 2 is 2.39 bits per heavy atom. The first-order chi connectivity index (χ1) is 8.70. The Labute approximate surface area is 106 Å². The van der Waals surface area contributed by atoms with Crippen molar-refractivity contribution in [1.29, 1.82) is 0 Å². The summed E-state index contributed by atoms with van der Waals surface area (Å²) < 4.78 is 16.9. The van der Waals surface area contributed by atoms with Crippen molar-refractivity contribution in [2.45, 2.75) is 25.2 Å². The van der Waals surface area contributed by atoms with Gasteiger partial charge in [-0.15, -0.1) is 0 Å². The number of aliphatic hydroxyl groups excluding tert-OH is 1. The number of aliphatic hydroxyl groups is 1. The van der Waals surface area contributed by atoms with Gasteiger partial charge in [0, 0.05) is 6.54 Å². The molecule has 0 amide bonds. The van der Waals surface area contributed by atoms with Crippen molar-refractivity contribution >= 4 is 7.12 Å². The molecule has 0 fully saturated rings. The summed E-state index contributed by atoms with van der Waals surface area (Å²) in [5.41, 5.74) is 8.61. The van der Waals surface area contributed by atoms with Crippen molar-refractivity contribution in [1.82, 2.24) is 0 Å². The minimum atomic E-state index is -0.596. The standard InChI is InChI=1S/C12H16BNO4/c1-7(15)12-10-6-16-3-2-8-4-9(5-14)17-13(18-12)11(8)10/h2-4,7,9,12,15H,5-6,14H2,1H3. The van der Waals surface area contributed by atoms with Crippen LogP contribution in [-0.4, -0.2) is 43.7 Å². The van der Waals surface area contributed by atoms with Gasteiger partial charge in [-0.1, -0.05) is 0 Å². The Kier molecular flexibility index (Phi) is 3.03. The van der Waals surface area contributed by atoms with Gasteiger partial charge in [0.2, 0.25) is 0 Å². The maximum atomic E-state index is 9.79. The molecule has 3 unspecified atom stereocenters. The van der Waals surface area contributed by atoms with Crippen molar-refractivity contribution in [3.05, 3.63) is 35.0 Å². The Balaban J connectivity index is 2.03. The smallest absolute Gasteiger partial charge is 0.495 e. The Bertz CT molecular complexity index is 443. The molecule has 0 aromatic rings. The van der Waals surface area contributed by atoms with E-state index in [1.165, 1.54) is 0 Å². The van der Waals surface area contributed by atoms with Crippen molar-refractivity contribution in [3.63, 3.8) is 0 Å². The molecular weight excluding hydrogens is 233 g/mol. The van der Waals surface area contributed by atoms with Gasteiger partial charge in [-0.3, -0.25) is 0 Å². The molecule has 0 aromatic heterocycles. The molecule has 3 aliphatic heterocycles. The molecule has 0 aromatic carbocycles. The number of hydrogen-bond acceptors (Lipinski definition) is 5. The van der Waals surface area contributed by atoms with Crippen LogP contribution in [0, 0.1) is 0 Å². The summed E-state index contributed by atoms with van der Waals surface area (Å²) in [7, 11) is -0.445. The number of rotatable bonds is 2. The average molecular weight is 249 g/mol. The molecule has 0 aliphatic carbocycles. The molecular formula is C12H16BNO4. The molecule has 0 saturated carbocycles. The lowest BCUT2D eigenvalue weighted by Crippen LogP contribution is -2.38. The number of allylic oxidation sites excluding steroid dienone is 3. The van der Waals surface area contributed by atoms with Crippen molar-refractivity contribution in [2.75, 3.05) is 13.2 Å². The van der Waals surface area contributed by atoms with Crippen molar-refractivity contribution in [3.8, 4) is 0 Å². The molecule has 0 saturated heterocycles. The first kappa shape index (κ1) is 12.0. The zero-order valence-electron chi connectivity index (χ0n) is 10.2. The zero-order valence-corrected chi connectivity index (χ0v) is 10.2. The summed E-state index contributed by atoms with van der Waals surface area (Å²) in [6, 6.07) is 0. The van der Waals surface area contributed by atoms with Gasteiger partial charge in [0.1, 0.15) is 6.61 Å². The second-order valence-electron chi connectivity index (χ2n) is 4.71. The quantitative estimate of drug-likeness (QED) is 0.669. The largest absolute Gasteiger partial charge is 0.497 e. The van der Waals surface area contributed by atoms with Gasteiger partial charge >= 0.3 is 7.12 Å². The van der Waals surface area contributed by atoms with Crippen LogP contribution >= 0.6 is 0 Å². The van der Waals surface area contributed by atoms with E-state index in [1.807, 2.05) is 12.2 Å². The van der Waals surface area contributed by atoms with Crippen LogP contribution in [0.15, 0.2) is 35.0 Å². The SMILES string of the molecule is CC(O)C1OB2OC(CN)C=C3C=COCC1=C23. The van der Waals surface area contributed by atoms with Crippen LogP contribution in [0.25, 0.3) is 0 Å².